The van der Waals surface area contributed by atoms with Gasteiger partial charge in [0.05, 0.1) is 12.8 Å². The van der Waals surface area contributed by atoms with Crippen LogP contribution in [0.25, 0.3) is 16.2 Å². The highest BCUT2D eigenvalue weighted by molar-refractivity contribution is 7.15. The second-order valence-electron chi connectivity index (χ2n) is 6.36. The van der Waals surface area contributed by atoms with Crippen molar-refractivity contribution >= 4 is 33.7 Å². The van der Waals surface area contributed by atoms with E-state index in [1.807, 2.05) is 17.5 Å². The van der Waals surface area contributed by atoms with Crippen molar-refractivity contribution in [2.45, 2.75) is 6.92 Å². The SMILES string of the molecule is COc1ccc(NC(=O)Nc2ccc(-c3csc4nc(C)cc(=O)n34)cc2)cc1. The van der Waals surface area contributed by atoms with Crippen LogP contribution < -0.4 is 20.9 Å². The van der Waals surface area contributed by atoms with Crippen molar-refractivity contribution in [2.24, 2.45) is 0 Å². The van der Waals surface area contributed by atoms with Crippen molar-refractivity contribution in [3.8, 4) is 17.0 Å². The van der Waals surface area contributed by atoms with Crippen molar-refractivity contribution in [2.75, 3.05) is 17.7 Å². The number of methoxy groups -OCH3 is 1. The number of anilines is 2. The number of carbonyl (C=O) groups is 1. The third-order valence-electron chi connectivity index (χ3n) is 4.32. The number of hydrogen-bond acceptors (Lipinski definition) is 5. The average molecular weight is 406 g/mol. The van der Waals surface area contributed by atoms with Crippen molar-refractivity contribution < 1.29 is 9.53 Å². The van der Waals surface area contributed by atoms with E-state index in [0.29, 0.717) is 22.0 Å². The van der Waals surface area contributed by atoms with E-state index < -0.39 is 0 Å². The lowest BCUT2D eigenvalue weighted by molar-refractivity contribution is 0.262. The van der Waals surface area contributed by atoms with E-state index in [9.17, 15) is 9.59 Å². The molecular formula is C21H18N4O3S. The fraction of sp³-hybridized carbons (Fsp3) is 0.0952. The lowest BCUT2D eigenvalue weighted by Gasteiger charge is -2.09. The van der Waals surface area contributed by atoms with Crippen molar-refractivity contribution in [3.05, 3.63) is 76.0 Å². The number of aryl methyl sites for hydroxylation is 1. The van der Waals surface area contributed by atoms with Gasteiger partial charge in [-0.3, -0.25) is 9.20 Å². The largest absolute Gasteiger partial charge is 0.497 e. The van der Waals surface area contributed by atoms with Crippen molar-refractivity contribution in [1.29, 1.82) is 0 Å². The predicted octanol–water partition coefficient (Wildman–Crippen LogP) is 4.38. The average Bonchev–Trinajstić information content (AvgIpc) is 3.13. The van der Waals surface area contributed by atoms with Gasteiger partial charge in [0, 0.05) is 28.5 Å². The molecule has 0 unspecified atom stereocenters. The molecule has 0 aliphatic carbocycles. The molecule has 0 radical (unpaired) electrons. The summed E-state index contributed by atoms with van der Waals surface area (Å²) in [4.78, 5) is 29.6. The zero-order valence-electron chi connectivity index (χ0n) is 15.8. The molecule has 7 nitrogen and oxygen atoms in total. The first-order valence-corrected chi connectivity index (χ1v) is 9.72. The van der Waals surface area contributed by atoms with E-state index in [0.717, 1.165) is 17.0 Å². The summed E-state index contributed by atoms with van der Waals surface area (Å²) >= 11 is 1.42. The highest BCUT2D eigenvalue weighted by Gasteiger charge is 2.10. The molecule has 2 amide bonds. The van der Waals surface area contributed by atoms with Gasteiger partial charge in [0.25, 0.3) is 5.56 Å². The number of nitrogens with zero attached hydrogens (tertiary/aromatic N) is 2. The fourth-order valence-electron chi connectivity index (χ4n) is 2.92. The third-order valence-corrected chi connectivity index (χ3v) is 5.15. The van der Waals surface area contributed by atoms with Crippen LogP contribution in [0.5, 0.6) is 5.75 Å². The third kappa shape index (κ3) is 3.97. The molecule has 0 aliphatic rings. The summed E-state index contributed by atoms with van der Waals surface area (Å²) < 4.78 is 6.69. The summed E-state index contributed by atoms with van der Waals surface area (Å²) in [6.45, 7) is 1.80. The monoisotopic (exact) mass is 406 g/mol. The smallest absolute Gasteiger partial charge is 0.323 e. The molecule has 146 valence electrons. The van der Waals surface area contributed by atoms with E-state index >= 15 is 0 Å². The van der Waals surface area contributed by atoms with Crippen LogP contribution in [0.4, 0.5) is 16.2 Å². The summed E-state index contributed by atoms with van der Waals surface area (Å²) in [5.74, 6) is 0.719. The number of nitrogens with one attached hydrogen (secondary N) is 2. The number of amides is 2. The Kier molecular flexibility index (Phi) is 5.01. The molecule has 29 heavy (non-hydrogen) atoms. The second-order valence-corrected chi connectivity index (χ2v) is 7.20. The molecule has 2 heterocycles. The maximum atomic E-state index is 12.3. The number of aromatic nitrogens is 2. The van der Waals surface area contributed by atoms with Crippen LogP contribution in [0.15, 0.2) is 64.8 Å². The van der Waals surface area contributed by atoms with Gasteiger partial charge in [-0.2, -0.15) is 0 Å². The first-order valence-electron chi connectivity index (χ1n) is 8.84. The second kappa shape index (κ2) is 7.76. The van der Waals surface area contributed by atoms with Crippen LogP contribution in [-0.4, -0.2) is 22.5 Å². The summed E-state index contributed by atoms with van der Waals surface area (Å²) in [7, 11) is 1.59. The van der Waals surface area contributed by atoms with Crippen LogP contribution in [0.3, 0.4) is 0 Å². The molecule has 8 heteroatoms. The van der Waals surface area contributed by atoms with Crippen LogP contribution in [0.2, 0.25) is 0 Å². The Labute approximate surface area is 170 Å². The number of rotatable bonds is 4. The Morgan fingerprint density at radius 2 is 1.66 bits per heavy atom. The Morgan fingerprint density at radius 1 is 1.03 bits per heavy atom. The molecular weight excluding hydrogens is 388 g/mol. The minimum Gasteiger partial charge on any atom is -0.497 e. The number of carbonyl (C=O) groups excluding carboxylic acids is 1. The number of urea groups is 1. The predicted molar refractivity (Wildman–Crippen MR) is 115 cm³/mol. The van der Waals surface area contributed by atoms with Gasteiger partial charge in [-0.25, -0.2) is 9.78 Å². The number of thiazole rings is 1. The van der Waals surface area contributed by atoms with E-state index in [4.69, 9.17) is 4.74 Å². The zero-order valence-corrected chi connectivity index (χ0v) is 16.6. The molecule has 0 fully saturated rings. The summed E-state index contributed by atoms with van der Waals surface area (Å²) in [6, 6.07) is 15.5. The van der Waals surface area contributed by atoms with Crippen LogP contribution in [-0.2, 0) is 0 Å². The van der Waals surface area contributed by atoms with E-state index in [1.165, 1.54) is 17.4 Å². The topological polar surface area (TPSA) is 84.7 Å². The molecule has 4 aromatic rings. The minimum absolute atomic E-state index is 0.107. The Bertz CT molecular complexity index is 1230. The molecule has 0 saturated carbocycles. The standard InChI is InChI=1S/C21H18N4O3S/c1-13-11-19(26)25-18(12-29-21(25)22-13)14-3-5-15(6-4-14)23-20(27)24-16-7-9-17(28-2)10-8-16/h3-12H,1-2H3,(H2,23,24,27). The maximum absolute atomic E-state index is 12.3. The Morgan fingerprint density at radius 3 is 2.28 bits per heavy atom. The highest BCUT2D eigenvalue weighted by Crippen LogP contribution is 2.25. The van der Waals surface area contributed by atoms with E-state index in [2.05, 4.69) is 15.6 Å². The van der Waals surface area contributed by atoms with Gasteiger partial charge in [-0.15, -0.1) is 11.3 Å². The maximum Gasteiger partial charge on any atom is 0.323 e. The van der Waals surface area contributed by atoms with Gasteiger partial charge < -0.3 is 15.4 Å². The van der Waals surface area contributed by atoms with Crippen LogP contribution in [0, 0.1) is 6.92 Å². The van der Waals surface area contributed by atoms with Gasteiger partial charge in [0.15, 0.2) is 4.96 Å². The molecule has 0 spiro atoms. The minimum atomic E-state index is -0.347. The lowest BCUT2D eigenvalue weighted by Crippen LogP contribution is -2.19. The number of fused-ring (bicyclic) bond motifs is 1. The van der Waals surface area contributed by atoms with Crippen molar-refractivity contribution in [1.82, 2.24) is 9.38 Å². The number of hydrogen-bond donors (Lipinski definition) is 2. The Hall–Kier alpha value is -3.65. The number of benzene rings is 2. The summed E-state index contributed by atoms with van der Waals surface area (Å²) in [6.07, 6.45) is 0. The van der Waals surface area contributed by atoms with Gasteiger partial charge in [-0.1, -0.05) is 12.1 Å². The van der Waals surface area contributed by atoms with Gasteiger partial charge >= 0.3 is 6.03 Å². The van der Waals surface area contributed by atoms with Gasteiger partial charge in [-0.05, 0) is 48.9 Å². The van der Waals surface area contributed by atoms with Crippen molar-refractivity contribution in [3.63, 3.8) is 0 Å². The first-order chi connectivity index (χ1) is 14.0. The zero-order chi connectivity index (χ0) is 20.4. The molecule has 2 aromatic heterocycles. The summed E-state index contributed by atoms with van der Waals surface area (Å²) in [5.41, 5.74) is 3.53. The number of ether oxygens (including phenoxy) is 1. The lowest BCUT2D eigenvalue weighted by atomic mass is 10.1. The quantitative estimate of drug-likeness (QED) is 0.527. The molecule has 2 N–H and O–H groups in total. The molecule has 2 aromatic carbocycles. The molecule has 4 rings (SSSR count). The first kappa shape index (κ1) is 18.7. The molecule has 0 saturated heterocycles. The molecule has 0 bridgehead atoms. The van der Waals surface area contributed by atoms with E-state index in [-0.39, 0.29) is 11.6 Å². The van der Waals surface area contributed by atoms with Gasteiger partial charge in [0.2, 0.25) is 0 Å². The molecule has 0 aliphatic heterocycles. The normalized spacial score (nSPS) is 10.7. The summed E-state index contributed by atoms with van der Waals surface area (Å²) in [5, 5.41) is 7.46. The highest BCUT2D eigenvalue weighted by atomic mass is 32.1. The fourth-order valence-corrected chi connectivity index (χ4v) is 3.87. The van der Waals surface area contributed by atoms with E-state index in [1.54, 1.807) is 54.8 Å². The molecule has 0 atom stereocenters. The van der Waals surface area contributed by atoms with Gasteiger partial charge in [0.1, 0.15) is 5.75 Å². The van der Waals surface area contributed by atoms with Crippen LogP contribution in [0.1, 0.15) is 5.69 Å². The Balaban J connectivity index is 1.49. The van der Waals surface area contributed by atoms with Crippen LogP contribution >= 0.6 is 11.3 Å².